The Hall–Kier alpha value is -2.22. The summed E-state index contributed by atoms with van der Waals surface area (Å²) < 4.78 is 5.82. The fraction of sp³-hybridized carbons (Fsp3) is 0.545. The first-order chi connectivity index (χ1) is 14.0. The van der Waals surface area contributed by atoms with Crippen molar-refractivity contribution < 1.29 is 9.53 Å². The standard InChI is InChI=1S/C22H31N5O2/c1-15-12-19-20(16(2)29-15)24-25-21(19)22(28)23-13-17-6-4-5-7-18(17)14-27-10-8-26(3)9-11-27/h4-7,15-16H,8-14H2,1-3H3,(H,23,28)(H,24,25)/t15-,16+/m1/s1. The van der Waals surface area contributed by atoms with Gasteiger partial charge in [0.15, 0.2) is 5.69 Å². The maximum absolute atomic E-state index is 12.9. The predicted molar refractivity (Wildman–Crippen MR) is 112 cm³/mol. The molecule has 7 heteroatoms. The summed E-state index contributed by atoms with van der Waals surface area (Å²) in [6.07, 6.45) is 0.733. The Morgan fingerprint density at radius 2 is 1.93 bits per heavy atom. The molecule has 1 saturated heterocycles. The van der Waals surface area contributed by atoms with E-state index in [1.807, 2.05) is 19.9 Å². The van der Waals surface area contributed by atoms with Crippen LogP contribution >= 0.6 is 0 Å². The molecule has 1 aromatic carbocycles. The lowest BCUT2D eigenvalue weighted by molar-refractivity contribution is -0.00697. The van der Waals surface area contributed by atoms with Crippen LogP contribution in [-0.4, -0.2) is 65.2 Å². The number of rotatable bonds is 5. The van der Waals surface area contributed by atoms with Crippen molar-refractivity contribution >= 4 is 5.91 Å². The number of piperazine rings is 1. The van der Waals surface area contributed by atoms with Crippen molar-refractivity contribution in [1.29, 1.82) is 0 Å². The lowest BCUT2D eigenvalue weighted by Gasteiger charge is -2.32. The molecule has 3 heterocycles. The van der Waals surface area contributed by atoms with Gasteiger partial charge in [-0.05, 0) is 32.0 Å². The summed E-state index contributed by atoms with van der Waals surface area (Å²) in [7, 11) is 2.17. The van der Waals surface area contributed by atoms with Crippen LogP contribution in [0.15, 0.2) is 24.3 Å². The first kappa shape index (κ1) is 20.1. The Balaban J connectivity index is 1.42. The van der Waals surface area contributed by atoms with Gasteiger partial charge in [0.1, 0.15) is 0 Å². The smallest absolute Gasteiger partial charge is 0.272 e. The average Bonchev–Trinajstić information content (AvgIpc) is 3.13. The molecule has 0 spiro atoms. The molecule has 2 aliphatic heterocycles. The van der Waals surface area contributed by atoms with E-state index in [1.165, 1.54) is 5.56 Å². The van der Waals surface area contributed by atoms with E-state index in [9.17, 15) is 4.79 Å². The van der Waals surface area contributed by atoms with Crippen molar-refractivity contribution in [2.24, 2.45) is 0 Å². The van der Waals surface area contributed by atoms with Crippen LogP contribution in [0.5, 0.6) is 0 Å². The maximum atomic E-state index is 12.9. The first-order valence-electron chi connectivity index (χ1n) is 10.5. The van der Waals surface area contributed by atoms with Crippen LogP contribution in [0.3, 0.4) is 0 Å². The number of H-pyrrole nitrogens is 1. The van der Waals surface area contributed by atoms with Gasteiger partial charge in [0.05, 0.1) is 17.9 Å². The summed E-state index contributed by atoms with van der Waals surface area (Å²) >= 11 is 0. The summed E-state index contributed by atoms with van der Waals surface area (Å²) in [5, 5.41) is 10.4. The summed E-state index contributed by atoms with van der Waals surface area (Å²) in [5.74, 6) is -0.127. The molecule has 0 unspecified atom stereocenters. The molecule has 2 atom stereocenters. The van der Waals surface area contributed by atoms with Crippen molar-refractivity contribution in [2.45, 2.75) is 45.6 Å². The third kappa shape index (κ3) is 4.52. The molecule has 4 rings (SSSR count). The highest BCUT2D eigenvalue weighted by atomic mass is 16.5. The van der Waals surface area contributed by atoms with Gasteiger partial charge >= 0.3 is 0 Å². The predicted octanol–water partition coefficient (Wildman–Crippen LogP) is 2.11. The van der Waals surface area contributed by atoms with Crippen LogP contribution in [0.2, 0.25) is 0 Å². The molecule has 2 N–H and O–H groups in total. The van der Waals surface area contributed by atoms with E-state index in [-0.39, 0.29) is 18.1 Å². The zero-order valence-corrected chi connectivity index (χ0v) is 17.6. The van der Waals surface area contributed by atoms with Gasteiger partial charge in [0.25, 0.3) is 5.91 Å². The van der Waals surface area contributed by atoms with E-state index in [4.69, 9.17) is 4.74 Å². The minimum atomic E-state index is -0.127. The number of hydrogen-bond acceptors (Lipinski definition) is 5. The summed E-state index contributed by atoms with van der Waals surface area (Å²) in [6, 6.07) is 8.37. The number of nitrogens with one attached hydrogen (secondary N) is 2. The third-order valence-corrected chi connectivity index (χ3v) is 6.00. The molecule has 0 saturated carbocycles. The lowest BCUT2D eigenvalue weighted by atomic mass is 9.99. The van der Waals surface area contributed by atoms with Crippen LogP contribution in [0.1, 0.15) is 52.8 Å². The Bertz CT molecular complexity index is 857. The molecule has 29 heavy (non-hydrogen) atoms. The minimum absolute atomic E-state index is 0.0629. The SMILES string of the molecule is C[C@@H]1Cc2c(C(=O)NCc3ccccc3CN3CCN(C)CC3)n[nH]c2[C@H](C)O1. The van der Waals surface area contributed by atoms with Gasteiger partial charge in [-0.2, -0.15) is 5.10 Å². The number of ether oxygens (including phenoxy) is 1. The Labute approximate surface area is 172 Å². The summed E-state index contributed by atoms with van der Waals surface area (Å²) in [6.45, 7) is 9.80. The number of fused-ring (bicyclic) bond motifs is 1. The highest BCUT2D eigenvalue weighted by Gasteiger charge is 2.29. The molecule has 0 radical (unpaired) electrons. The van der Waals surface area contributed by atoms with Gasteiger partial charge in [-0.15, -0.1) is 0 Å². The number of carbonyl (C=O) groups is 1. The van der Waals surface area contributed by atoms with Crippen LogP contribution in [0, 0.1) is 0 Å². The van der Waals surface area contributed by atoms with Crippen molar-refractivity contribution in [3.8, 4) is 0 Å². The number of amides is 1. The molecule has 1 amide bonds. The molecular weight excluding hydrogens is 366 g/mol. The average molecular weight is 398 g/mol. The second-order valence-corrected chi connectivity index (χ2v) is 8.29. The number of nitrogens with zero attached hydrogens (tertiary/aromatic N) is 3. The molecule has 2 aromatic rings. The number of aromatic amines is 1. The summed E-state index contributed by atoms with van der Waals surface area (Å²) in [5.41, 5.74) is 4.84. The fourth-order valence-corrected chi connectivity index (χ4v) is 4.25. The first-order valence-corrected chi connectivity index (χ1v) is 10.5. The van der Waals surface area contributed by atoms with Crippen molar-refractivity contribution in [3.05, 3.63) is 52.3 Å². The van der Waals surface area contributed by atoms with Gasteiger partial charge in [-0.1, -0.05) is 24.3 Å². The topological polar surface area (TPSA) is 73.5 Å². The molecule has 1 aromatic heterocycles. The molecule has 7 nitrogen and oxygen atoms in total. The monoisotopic (exact) mass is 397 g/mol. The molecule has 0 bridgehead atoms. The van der Waals surface area contributed by atoms with Crippen LogP contribution in [0.25, 0.3) is 0 Å². The fourth-order valence-electron chi connectivity index (χ4n) is 4.25. The molecular formula is C22H31N5O2. The van der Waals surface area contributed by atoms with Crippen molar-refractivity contribution in [1.82, 2.24) is 25.3 Å². The van der Waals surface area contributed by atoms with E-state index < -0.39 is 0 Å². The van der Waals surface area contributed by atoms with Gasteiger partial charge in [0.2, 0.25) is 0 Å². The lowest BCUT2D eigenvalue weighted by Crippen LogP contribution is -2.44. The molecule has 1 fully saturated rings. The Kier molecular flexibility index (Phi) is 5.99. The summed E-state index contributed by atoms with van der Waals surface area (Å²) in [4.78, 5) is 17.7. The van der Waals surface area contributed by atoms with E-state index >= 15 is 0 Å². The maximum Gasteiger partial charge on any atom is 0.272 e. The zero-order chi connectivity index (χ0) is 20.4. The molecule has 0 aliphatic carbocycles. The van der Waals surface area contributed by atoms with Crippen molar-refractivity contribution in [2.75, 3.05) is 33.2 Å². The van der Waals surface area contributed by atoms with Crippen LogP contribution in [0.4, 0.5) is 0 Å². The normalized spacial score (nSPS) is 23.0. The largest absolute Gasteiger partial charge is 0.369 e. The molecule has 156 valence electrons. The number of carbonyl (C=O) groups excluding carboxylic acids is 1. The van der Waals surface area contributed by atoms with E-state index in [2.05, 4.69) is 50.6 Å². The van der Waals surface area contributed by atoms with E-state index in [1.54, 1.807) is 0 Å². The highest BCUT2D eigenvalue weighted by Crippen LogP contribution is 2.30. The number of hydrogen-bond donors (Lipinski definition) is 2. The van der Waals surface area contributed by atoms with E-state index in [0.717, 1.165) is 49.5 Å². The highest BCUT2D eigenvalue weighted by molar-refractivity contribution is 5.94. The van der Waals surface area contributed by atoms with Gasteiger partial charge in [0, 0.05) is 51.3 Å². The Morgan fingerprint density at radius 1 is 1.21 bits per heavy atom. The second kappa shape index (κ2) is 8.65. The number of aromatic nitrogens is 2. The van der Waals surface area contributed by atoms with Gasteiger partial charge in [-0.3, -0.25) is 14.8 Å². The quantitative estimate of drug-likeness (QED) is 0.808. The van der Waals surface area contributed by atoms with Crippen molar-refractivity contribution in [3.63, 3.8) is 0 Å². The number of likely N-dealkylation sites (N-methyl/N-ethyl adjacent to an activating group) is 1. The zero-order valence-electron chi connectivity index (χ0n) is 17.6. The number of benzene rings is 1. The van der Waals surface area contributed by atoms with Gasteiger partial charge in [-0.25, -0.2) is 0 Å². The van der Waals surface area contributed by atoms with E-state index in [0.29, 0.717) is 18.7 Å². The molecule has 2 aliphatic rings. The second-order valence-electron chi connectivity index (χ2n) is 8.29. The van der Waals surface area contributed by atoms with Crippen LogP contribution in [-0.2, 0) is 24.2 Å². The van der Waals surface area contributed by atoms with Gasteiger partial charge < -0.3 is 15.0 Å². The third-order valence-electron chi connectivity index (χ3n) is 6.00. The van der Waals surface area contributed by atoms with Crippen LogP contribution < -0.4 is 5.32 Å². The Morgan fingerprint density at radius 3 is 2.69 bits per heavy atom. The minimum Gasteiger partial charge on any atom is -0.369 e.